The van der Waals surface area contributed by atoms with Crippen molar-refractivity contribution in [1.29, 1.82) is 0 Å². The molecule has 0 aliphatic carbocycles. The van der Waals surface area contributed by atoms with Crippen LogP contribution in [0.5, 0.6) is 11.6 Å². The van der Waals surface area contributed by atoms with Crippen molar-refractivity contribution in [3.8, 4) is 11.6 Å². The van der Waals surface area contributed by atoms with Gasteiger partial charge in [0.1, 0.15) is 11.9 Å². The molecule has 0 aliphatic rings. The van der Waals surface area contributed by atoms with Crippen LogP contribution in [0, 0.1) is 10.1 Å². The average Bonchev–Trinajstić information content (AvgIpc) is 2.38. The van der Waals surface area contributed by atoms with Gasteiger partial charge in [0.2, 0.25) is 5.28 Å². The van der Waals surface area contributed by atoms with E-state index in [1.165, 1.54) is 0 Å². The number of rotatable bonds is 4. The van der Waals surface area contributed by atoms with Crippen molar-refractivity contribution in [2.75, 3.05) is 0 Å². The maximum absolute atomic E-state index is 10.8. The number of nitrogens with zero attached hydrogens (tertiary/aromatic N) is 3. The van der Waals surface area contributed by atoms with Crippen molar-refractivity contribution in [2.24, 2.45) is 0 Å². The normalized spacial score (nSPS) is 10.2. The number of aromatic nitrogens is 2. The molecule has 1 heterocycles. The third-order valence-electron chi connectivity index (χ3n) is 2.42. The molecule has 0 spiro atoms. The molecule has 2 rings (SSSR count). The Kier molecular flexibility index (Phi) is 3.91. The van der Waals surface area contributed by atoms with Crippen LogP contribution < -0.4 is 4.74 Å². The smallest absolute Gasteiger partial charge is 0.349 e. The second-order valence-corrected chi connectivity index (χ2v) is 4.03. The Hall–Kier alpha value is -2.21. The van der Waals surface area contributed by atoms with Gasteiger partial charge in [-0.25, -0.2) is 4.98 Å². The maximum atomic E-state index is 10.8. The third-order valence-corrected chi connectivity index (χ3v) is 2.61. The van der Waals surface area contributed by atoms with E-state index < -0.39 is 4.92 Å². The zero-order valence-corrected chi connectivity index (χ0v) is 10.8. The molecule has 0 saturated heterocycles. The monoisotopic (exact) mass is 279 g/mol. The van der Waals surface area contributed by atoms with E-state index in [4.69, 9.17) is 16.3 Å². The molecule has 6 nitrogen and oxygen atoms in total. The highest BCUT2D eigenvalue weighted by molar-refractivity contribution is 6.28. The summed E-state index contributed by atoms with van der Waals surface area (Å²) in [5, 5.41) is 10.7. The molecule has 98 valence electrons. The standard InChI is InChI=1S/C12H10ClN3O3/c1-2-8-4-3-5-9(6-8)19-11-10(16(17)18)7-14-12(13)15-11/h3-7H,2H2,1H3. The molecule has 7 heteroatoms. The molecular weight excluding hydrogens is 270 g/mol. The molecule has 1 aromatic heterocycles. The average molecular weight is 280 g/mol. The van der Waals surface area contributed by atoms with Crippen LogP contribution in [0.2, 0.25) is 5.28 Å². The maximum Gasteiger partial charge on any atom is 0.349 e. The van der Waals surface area contributed by atoms with Gasteiger partial charge in [0, 0.05) is 0 Å². The number of halogens is 1. The second kappa shape index (κ2) is 5.62. The molecular formula is C12H10ClN3O3. The lowest BCUT2D eigenvalue weighted by Gasteiger charge is -2.06. The predicted octanol–water partition coefficient (Wildman–Crippen LogP) is 3.39. The Morgan fingerprint density at radius 2 is 2.26 bits per heavy atom. The van der Waals surface area contributed by atoms with E-state index in [1.54, 1.807) is 12.1 Å². The number of aryl methyl sites for hydroxylation is 1. The fourth-order valence-electron chi connectivity index (χ4n) is 1.48. The molecule has 0 aliphatic heterocycles. The first-order chi connectivity index (χ1) is 9.10. The molecule has 2 aromatic rings. The summed E-state index contributed by atoms with van der Waals surface area (Å²) in [6, 6.07) is 7.23. The molecule has 0 fully saturated rings. The minimum Gasteiger partial charge on any atom is -0.434 e. The van der Waals surface area contributed by atoms with E-state index in [0.717, 1.165) is 18.2 Å². The van der Waals surface area contributed by atoms with Crippen LogP contribution in [-0.4, -0.2) is 14.9 Å². The highest BCUT2D eigenvalue weighted by Crippen LogP contribution is 2.29. The van der Waals surface area contributed by atoms with E-state index in [2.05, 4.69) is 9.97 Å². The summed E-state index contributed by atoms with van der Waals surface area (Å²) in [5.41, 5.74) is 0.728. The van der Waals surface area contributed by atoms with E-state index in [9.17, 15) is 10.1 Å². The fraction of sp³-hybridized carbons (Fsp3) is 0.167. The van der Waals surface area contributed by atoms with Crippen molar-refractivity contribution >= 4 is 17.3 Å². The predicted molar refractivity (Wildman–Crippen MR) is 69.6 cm³/mol. The van der Waals surface area contributed by atoms with E-state index in [0.29, 0.717) is 5.75 Å². The summed E-state index contributed by atoms with van der Waals surface area (Å²) < 4.78 is 5.42. The molecule has 19 heavy (non-hydrogen) atoms. The van der Waals surface area contributed by atoms with Gasteiger partial charge >= 0.3 is 11.6 Å². The van der Waals surface area contributed by atoms with Gasteiger partial charge < -0.3 is 4.74 Å². The Morgan fingerprint density at radius 3 is 2.95 bits per heavy atom. The summed E-state index contributed by atoms with van der Waals surface area (Å²) >= 11 is 5.62. The summed E-state index contributed by atoms with van der Waals surface area (Å²) in [6.07, 6.45) is 1.86. The van der Waals surface area contributed by atoms with E-state index >= 15 is 0 Å². The fourth-order valence-corrected chi connectivity index (χ4v) is 1.61. The summed E-state index contributed by atoms with van der Waals surface area (Å²) in [5.74, 6) is 0.301. The first kappa shape index (κ1) is 13.2. The van der Waals surface area contributed by atoms with Crippen LogP contribution in [0.15, 0.2) is 30.5 Å². The van der Waals surface area contributed by atoms with Crippen molar-refractivity contribution < 1.29 is 9.66 Å². The van der Waals surface area contributed by atoms with Gasteiger partial charge in [-0.1, -0.05) is 19.1 Å². The Labute approximate surface area is 114 Å². The molecule has 0 bridgehead atoms. The van der Waals surface area contributed by atoms with Gasteiger partial charge in [-0.2, -0.15) is 4.98 Å². The lowest BCUT2D eigenvalue weighted by atomic mass is 10.2. The van der Waals surface area contributed by atoms with Crippen LogP contribution in [0.25, 0.3) is 0 Å². The largest absolute Gasteiger partial charge is 0.434 e. The number of benzene rings is 1. The molecule has 1 aromatic carbocycles. The van der Waals surface area contributed by atoms with Gasteiger partial charge in [0.15, 0.2) is 0 Å². The second-order valence-electron chi connectivity index (χ2n) is 3.69. The zero-order chi connectivity index (χ0) is 13.8. The van der Waals surface area contributed by atoms with Crippen LogP contribution in [0.3, 0.4) is 0 Å². The van der Waals surface area contributed by atoms with Gasteiger partial charge in [-0.15, -0.1) is 0 Å². The number of hydrogen-bond acceptors (Lipinski definition) is 5. The van der Waals surface area contributed by atoms with Crippen molar-refractivity contribution in [2.45, 2.75) is 13.3 Å². The van der Waals surface area contributed by atoms with Crippen LogP contribution >= 0.6 is 11.6 Å². The van der Waals surface area contributed by atoms with Gasteiger partial charge in [0.05, 0.1) is 4.92 Å². The summed E-state index contributed by atoms with van der Waals surface area (Å²) in [6.45, 7) is 2.00. The van der Waals surface area contributed by atoms with Crippen LogP contribution in [0.1, 0.15) is 12.5 Å². The van der Waals surface area contributed by atoms with E-state index in [1.807, 2.05) is 19.1 Å². The highest BCUT2D eigenvalue weighted by atomic mass is 35.5. The molecule has 0 saturated carbocycles. The number of ether oxygens (including phenoxy) is 1. The highest BCUT2D eigenvalue weighted by Gasteiger charge is 2.19. The van der Waals surface area contributed by atoms with Crippen LogP contribution in [0.4, 0.5) is 5.69 Å². The summed E-state index contributed by atoms with van der Waals surface area (Å²) in [4.78, 5) is 17.5. The topological polar surface area (TPSA) is 78.2 Å². The summed E-state index contributed by atoms with van der Waals surface area (Å²) in [7, 11) is 0. The van der Waals surface area contributed by atoms with Crippen molar-refractivity contribution in [3.05, 3.63) is 51.4 Å². The van der Waals surface area contributed by atoms with E-state index in [-0.39, 0.29) is 16.9 Å². The first-order valence-electron chi connectivity index (χ1n) is 5.54. The Morgan fingerprint density at radius 1 is 1.47 bits per heavy atom. The lowest BCUT2D eigenvalue weighted by molar-refractivity contribution is -0.386. The molecule has 0 N–H and O–H groups in total. The first-order valence-corrected chi connectivity index (χ1v) is 5.91. The van der Waals surface area contributed by atoms with Crippen molar-refractivity contribution in [3.63, 3.8) is 0 Å². The van der Waals surface area contributed by atoms with Gasteiger partial charge in [-0.3, -0.25) is 10.1 Å². The lowest BCUT2D eigenvalue weighted by Crippen LogP contribution is -1.98. The molecule has 0 atom stereocenters. The molecule has 0 amide bonds. The van der Waals surface area contributed by atoms with Gasteiger partial charge in [-0.05, 0) is 35.7 Å². The Bertz CT molecular complexity index is 619. The minimum absolute atomic E-state index is 0.104. The number of hydrogen-bond donors (Lipinski definition) is 0. The third kappa shape index (κ3) is 3.17. The minimum atomic E-state index is -0.616. The van der Waals surface area contributed by atoms with Crippen molar-refractivity contribution in [1.82, 2.24) is 9.97 Å². The van der Waals surface area contributed by atoms with Gasteiger partial charge in [0.25, 0.3) is 0 Å². The molecule has 0 radical (unpaired) electrons. The van der Waals surface area contributed by atoms with Crippen LogP contribution in [-0.2, 0) is 6.42 Å². The number of nitro groups is 1. The quantitative estimate of drug-likeness (QED) is 0.487. The SMILES string of the molecule is CCc1cccc(Oc2nc(Cl)ncc2[N+](=O)[O-])c1. The zero-order valence-electron chi connectivity index (χ0n) is 10.0. The Balaban J connectivity index is 2.36. The molecule has 0 unspecified atom stereocenters.